The van der Waals surface area contributed by atoms with Gasteiger partial charge in [0.2, 0.25) is 10.0 Å². The van der Waals surface area contributed by atoms with E-state index in [4.69, 9.17) is 9.47 Å². The molecule has 0 spiro atoms. The largest absolute Gasteiger partial charge is 0.493 e. The monoisotopic (exact) mass is 559 g/mol. The molecule has 3 rings (SSSR count). The van der Waals surface area contributed by atoms with Gasteiger partial charge in [0.1, 0.15) is 0 Å². The van der Waals surface area contributed by atoms with Crippen molar-refractivity contribution in [3.63, 3.8) is 0 Å². The summed E-state index contributed by atoms with van der Waals surface area (Å²) in [6.07, 6.45) is 1.34. The van der Waals surface area contributed by atoms with Crippen LogP contribution in [0.4, 0.5) is 0 Å². The quantitative estimate of drug-likeness (QED) is 0.179. The van der Waals surface area contributed by atoms with E-state index in [1.54, 1.807) is 48.5 Å². The lowest BCUT2D eigenvalue weighted by Gasteiger charge is -2.10. The van der Waals surface area contributed by atoms with Crippen LogP contribution in [0.1, 0.15) is 21.5 Å². The first kappa shape index (κ1) is 26.1. The van der Waals surface area contributed by atoms with Crippen molar-refractivity contribution in [1.29, 1.82) is 0 Å². The minimum absolute atomic E-state index is 0.0622. The van der Waals surface area contributed by atoms with E-state index in [1.807, 2.05) is 6.92 Å². The van der Waals surface area contributed by atoms with Crippen LogP contribution < -0.4 is 19.6 Å². The molecule has 3 aromatic rings. The molecule has 0 saturated heterocycles. The standard InChI is InChI=1S/C24H22BrN3O6S/c1-16-6-9-20(10-7-16)35(31,32)27-15-23(29)28-26-14-17-8-11-21(22(12-17)33-2)34-24(30)18-4-3-5-19(25)13-18/h3-14,27H,15H2,1-2H3,(H,28,29). The van der Waals surface area contributed by atoms with E-state index in [-0.39, 0.29) is 16.4 Å². The highest BCUT2D eigenvalue weighted by Gasteiger charge is 2.15. The Morgan fingerprint density at radius 2 is 1.77 bits per heavy atom. The molecule has 3 aromatic carbocycles. The van der Waals surface area contributed by atoms with Gasteiger partial charge in [-0.15, -0.1) is 0 Å². The third kappa shape index (κ3) is 7.47. The van der Waals surface area contributed by atoms with Gasteiger partial charge in [-0.2, -0.15) is 5.10 Å². The maximum Gasteiger partial charge on any atom is 0.343 e. The van der Waals surface area contributed by atoms with Crippen LogP contribution in [0.25, 0.3) is 0 Å². The average Bonchev–Trinajstić information content (AvgIpc) is 2.84. The van der Waals surface area contributed by atoms with Crippen molar-refractivity contribution >= 4 is 44.0 Å². The van der Waals surface area contributed by atoms with Crippen LogP contribution in [0.2, 0.25) is 0 Å². The highest BCUT2D eigenvalue weighted by Crippen LogP contribution is 2.28. The van der Waals surface area contributed by atoms with Crippen molar-refractivity contribution in [2.24, 2.45) is 5.10 Å². The first-order valence-electron chi connectivity index (χ1n) is 10.2. The summed E-state index contributed by atoms with van der Waals surface area (Å²) in [5.41, 5.74) is 4.08. The molecule has 11 heteroatoms. The zero-order valence-corrected chi connectivity index (χ0v) is 21.2. The maximum atomic E-state index is 12.4. The predicted octanol–water partition coefficient (Wildman–Crippen LogP) is 3.41. The van der Waals surface area contributed by atoms with Crippen LogP contribution in [-0.2, 0) is 14.8 Å². The van der Waals surface area contributed by atoms with E-state index < -0.39 is 28.4 Å². The number of rotatable bonds is 9. The molecular weight excluding hydrogens is 538 g/mol. The van der Waals surface area contributed by atoms with Gasteiger partial charge in [-0.3, -0.25) is 4.79 Å². The van der Waals surface area contributed by atoms with E-state index in [0.717, 1.165) is 10.0 Å². The van der Waals surface area contributed by atoms with Gasteiger partial charge in [0.25, 0.3) is 5.91 Å². The van der Waals surface area contributed by atoms with Gasteiger partial charge in [-0.25, -0.2) is 23.4 Å². The van der Waals surface area contributed by atoms with Crippen molar-refractivity contribution in [3.05, 3.63) is 87.9 Å². The van der Waals surface area contributed by atoms with Crippen LogP contribution in [-0.4, -0.2) is 40.2 Å². The maximum absolute atomic E-state index is 12.4. The van der Waals surface area contributed by atoms with E-state index in [9.17, 15) is 18.0 Å². The summed E-state index contributed by atoms with van der Waals surface area (Å²) >= 11 is 3.31. The second-order valence-electron chi connectivity index (χ2n) is 7.24. The number of ether oxygens (including phenoxy) is 2. The van der Waals surface area contributed by atoms with Crippen LogP contribution in [0.3, 0.4) is 0 Å². The van der Waals surface area contributed by atoms with E-state index in [1.165, 1.54) is 31.5 Å². The third-order valence-corrected chi connectivity index (χ3v) is 6.52. The zero-order chi connectivity index (χ0) is 25.4. The van der Waals surface area contributed by atoms with E-state index >= 15 is 0 Å². The fourth-order valence-electron chi connectivity index (χ4n) is 2.80. The molecule has 0 aliphatic heterocycles. The molecular formula is C24H22BrN3O6S. The number of amides is 1. The topological polar surface area (TPSA) is 123 Å². The Kier molecular flexibility index (Phi) is 8.74. The lowest BCUT2D eigenvalue weighted by atomic mass is 10.2. The molecule has 0 aromatic heterocycles. The zero-order valence-electron chi connectivity index (χ0n) is 18.8. The van der Waals surface area contributed by atoms with Crippen LogP contribution >= 0.6 is 15.9 Å². The Labute approximate surface area is 211 Å². The SMILES string of the molecule is COc1cc(C=NNC(=O)CNS(=O)(=O)c2ccc(C)cc2)ccc1OC(=O)c1cccc(Br)c1. The van der Waals surface area contributed by atoms with Gasteiger partial charge in [-0.05, 0) is 61.0 Å². The Hall–Kier alpha value is -3.54. The highest BCUT2D eigenvalue weighted by molar-refractivity contribution is 9.10. The number of benzene rings is 3. The minimum atomic E-state index is -3.82. The number of hydrogen-bond acceptors (Lipinski definition) is 7. The molecule has 0 radical (unpaired) electrons. The van der Waals surface area contributed by atoms with Gasteiger partial charge >= 0.3 is 5.97 Å². The second-order valence-corrected chi connectivity index (χ2v) is 9.92. The molecule has 1 amide bonds. The second kappa shape index (κ2) is 11.7. The number of carbonyl (C=O) groups excluding carboxylic acids is 2. The summed E-state index contributed by atoms with van der Waals surface area (Å²) < 4.78 is 38.2. The predicted molar refractivity (Wildman–Crippen MR) is 134 cm³/mol. The van der Waals surface area contributed by atoms with Crippen molar-refractivity contribution in [3.8, 4) is 11.5 Å². The van der Waals surface area contributed by atoms with Gasteiger partial charge in [-0.1, -0.05) is 39.7 Å². The van der Waals surface area contributed by atoms with Crippen molar-refractivity contribution < 1.29 is 27.5 Å². The molecule has 0 aliphatic rings. The summed E-state index contributed by atoms with van der Waals surface area (Å²) in [6, 6.07) is 17.8. The first-order valence-corrected chi connectivity index (χ1v) is 12.5. The number of aryl methyl sites for hydroxylation is 1. The molecule has 0 heterocycles. The fraction of sp³-hybridized carbons (Fsp3) is 0.125. The normalized spacial score (nSPS) is 11.3. The van der Waals surface area contributed by atoms with E-state index in [0.29, 0.717) is 11.1 Å². The first-order chi connectivity index (χ1) is 16.7. The number of carbonyl (C=O) groups is 2. The number of nitrogens with one attached hydrogen (secondary N) is 2. The highest BCUT2D eigenvalue weighted by atomic mass is 79.9. The number of esters is 1. The number of sulfonamides is 1. The third-order valence-electron chi connectivity index (χ3n) is 4.61. The molecule has 35 heavy (non-hydrogen) atoms. The Morgan fingerprint density at radius 3 is 2.46 bits per heavy atom. The van der Waals surface area contributed by atoms with Crippen LogP contribution in [0.15, 0.2) is 81.2 Å². The molecule has 0 fully saturated rings. The Morgan fingerprint density at radius 1 is 1.03 bits per heavy atom. The molecule has 182 valence electrons. The van der Waals surface area contributed by atoms with E-state index in [2.05, 4.69) is 31.2 Å². The van der Waals surface area contributed by atoms with Crippen LogP contribution in [0, 0.1) is 6.92 Å². The summed E-state index contributed by atoms with van der Waals surface area (Å²) in [5.74, 6) is -0.700. The lowest BCUT2D eigenvalue weighted by Crippen LogP contribution is -2.34. The number of hydrogen-bond donors (Lipinski definition) is 2. The van der Waals surface area contributed by atoms with Crippen molar-refractivity contribution in [2.75, 3.05) is 13.7 Å². The molecule has 0 saturated carbocycles. The smallest absolute Gasteiger partial charge is 0.343 e. The molecule has 0 unspecified atom stereocenters. The van der Waals surface area contributed by atoms with Gasteiger partial charge in [0.05, 0.1) is 30.3 Å². The Bertz CT molecular complexity index is 1360. The summed E-state index contributed by atoms with van der Waals surface area (Å²) in [5, 5.41) is 3.82. The van der Waals surface area contributed by atoms with Gasteiger partial charge in [0.15, 0.2) is 11.5 Å². The molecule has 0 aliphatic carbocycles. The fourth-order valence-corrected chi connectivity index (χ4v) is 4.18. The number of halogens is 1. The number of hydrazone groups is 1. The van der Waals surface area contributed by atoms with Crippen LogP contribution in [0.5, 0.6) is 11.5 Å². The Balaban J connectivity index is 1.57. The number of methoxy groups -OCH3 is 1. The van der Waals surface area contributed by atoms with Crippen molar-refractivity contribution in [1.82, 2.24) is 10.1 Å². The molecule has 0 atom stereocenters. The molecule has 9 nitrogen and oxygen atoms in total. The van der Waals surface area contributed by atoms with Gasteiger partial charge < -0.3 is 9.47 Å². The molecule has 0 bridgehead atoms. The molecule has 2 N–H and O–H groups in total. The van der Waals surface area contributed by atoms with Crippen molar-refractivity contribution in [2.45, 2.75) is 11.8 Å². The van der Waals surface area contributed by atoms with Gasteiger partial charge in [0, 0.05) is 4.47 Å². The summed E-state index contributed by atoms with van der Waals surface area (Å²) in [6.45, 7) is 1.36. The minimum Gasteiger partial charge on any atom is -0.493 e. The number of nitrogens with zero attached hydrogens (tertiary/aromatic N) is 1. The average molecular weight is 560 g/mol. The lowest BCUT2D eigenvalue weighted by molar-refractivity contribution is -0.119. The summed E-state index contributed by atoms with van der Waals surface area (Å²) in [7, 11) is -2.39. The summed E-state index contributed by atoms with van der Waals surface area (Å²) in [4.78, 5) is 24.4.